The fourth-order valence-electron chi connectivity index (χ4n) is 1.61. The number of aromatic nitrogens is 3. The van der Waals surface area contributed by atoms with Gasteiger partial charge in [-0.3, -0.25) is 9.99 Å². The number of hydrogen-bond donors (Lipinski definition) is 2. The first kappa shape index (κ1) is 11.3. The highest BCUT2D eigenvalue weighted by atomic mass is 16.1. The molecule has 0 aliphatic heterocycles. The Kier molecular flexibility index (Phi) is 3.15. The Morgan fingerprint density at radius 1 is 1.41 bits per heavy atom. The number of nitrogen functional groups attached to an aromatic ring is 1. The molecule has 0 saturated carbocycles. The average Bonchev–Trinajstić information content (AvgIpc) is 2.38. The van der Waals surface area contributed by atoms with Crippen LogP contribution in [0.1, 0.15) is 12.5 Å². The van der Waals surface area contributed by atoms with Crippen LogP contribution in [-0.2, 0) is 6.42 Å². The second-order valence-corrected chi connectivity index (χ2v) is 3.46. The molecule has 0 aliphatic rings. The first-order chi connectivity index (χ1) is 8.26. The maximum absolute atomic E-state index is 11.8. The summed E-state index contributed by atoms with van der Waals surface area (Å²) < 4.78 is 1.40. The summed E-state index contributed by atoms with van der Waals surface area (Å²) >= 11 is 0. The fourth-order valence-corrected chi connectivity index (χ4v) is 1.61. The quantitative estimate of drug-likeness (QED) is 0.592. The first-order valence-electron chi connectivity index (χ1n) is 5.27. The Hall–Kier alpha value is -2.21. The van der Waals surface area contributed by atoms with Gasteiger partial charge in [-0.05, 0) is 18.1 Å². The summed E-state index contributed by atoms with van der Waals surface area (Å²) in [6.07, 6.45) is 2.25. The lowest BCUT2D eigenvalue weighted by molar-refractivity contribution is 0.847. The fraction of sp³-hybridized carbons (Fsp3) is 0.182. The highest BCUT2D eigenvalue weighted by molar-refractivity contribution is 5.40. The van der Waals surface area contributed by atoms with Crippen molar-refractivity contribution in [2.75, 3.05) is 5.43 Å². The van der Waals surface area contributed by atoms with Gasteiger partial charge in [-0.1, -0.05) is 25.1 Å². The third-order valence-electron chi connectivity index (χ3n) is 2.46. The van der Waals surface area contributed by atoms with E-state index in [0.717, 1.165) is 17.7 Å². The van der Waals surface area contributed by atoms with Gasteiger partial charge < -0.3 is 0 Å². The van der Waals surface area contributed by atoms with Gasteiger partial charge in [-0.15, -0.1) is 0 Å². The zero-order valence-corrected chi connectivity index (χ0v) is 9.42. The molecule has 0 unspecified atom stereocenters. The predicted molar refractivity (Wildman–Crippen MR) is 64.8 cm³/mol. The van der Waals surface area contributed by atoms with E-state index in [4.69, 9.17) is 5.84 Å². The lowest BCUT2D eigenvalue weighted by Crippen LogP contribution is -2.25. The first-order valence-corrected chi connectivity index (χ1v) is 5.27. The molecule has 0 aliphatic carbocycles. The van der Waals surface area contributed by atoms with Crippen molar-refractivity contribution in [3.05, 3.63) is 46.6 Å². The van der Waals surface area contributed by atoms with Crippen molar-refractivity contribution in [3.63, 3.8) is 0 Å². The smallest absolute Gasteiger partial charge is 0.292 e. The van der Waals surface area contributed by atoms with Crippen molar-refractivity contribution in [3.8, 4) is 5.69 Å². The molecule has 0 radical (unpaired) electrons. The number of hydrazine groups is 1. The molecule has 1 aromatic carbocycles. The molecule has 1 heterocycles. The van der Waals surface area contributed by atoms with E-state index >= 15 is 0 Å². The van der Waals surface area contributed by atoms with Gasteiger partial charge in [0.1, 0.15) is 6.33 Å². The number of nitrogens with two attached hydrogens (primary N) is 1. The van der Waals surface area contributed by atoms with E-state index in [1.165, 1.54) is 10.9 Å². The lowest BCUT2D eigenvalue weighted by atomic mass is 10.1. The van der Waals surface area contributed by atoms with Crippen molar-refractivity contribution in [1.29, 1.82) is 0 Å². The van der Waals surface area contributed by atoms with Crippen molar-refractivity contribution in [2.45, 2.75) is 13.3 Å². The van der Waals surface area contributed by atoms with Gasteiger partial charge in [0.15, 0.2) is 0 Å². The maximum atomic E-state index is 11.8. The predicted octanol–water partition coefficient (Wildman–Crippen LogP) is 0.476. The van der Waals surface area contributed by atoms with Gasteiger partial charge in [-0.2, -0.15) is 4.98 Å². The standard InChI is InChI=1S/C11H13N5O/c1-2-8-5-3-4-6-9(8)16-7-13-10(15-12)14-11(16)17/h3-7H,2,12H2,1H3,(H,14,15,17). The zero-order chi connectivity index (χ0) is 12.3. The van der Waals surface area contributed by atoms with Gasteiger partial charge in [-0.25, -0.2) is 15.6 Å². The molecule has 17 heavy (non-hydrogen) atoms. The summed E-state index contributed by atoms with van der Waals surface area (Å²) in [5.41, 5.74) is 3.69. The number of hydrogen-bond acceptors (Lipinski definition) is 5. The molecule has 2 rings (SSSR count). The topological polar surface area (TPSA) is 85.8 Å². The second kappa shape index (κ2) is 4.75. The normalized spacial score (nSPS) is 10.2. The van der Waals surface area contributed by atoms with Gasteiger partial charge >= 0.3 is 5.69 Å². The van der Waals surface area contributed by atoms with E-state index in [-0.39, 0.29) is 5.95 Å². The number of nitrogens with zero attached hydrogens (tertiary/aromatic N) is 3. The number of anilines is 1. The Morgan fingerprint density at radius 2 is 2.18 bits per heavy atom. The molecule has 0 amide bonds. The molecule has 1 aromatic heterocycles. The van der Waals surface area contributed by atoms with Crippen LogP contribution in [0.4, 0.5) is 5.95 Å². The lowest BCUT2D eigenvalue weighted by Gasteiger charge is -2.09. The summed E-state index contributed by atoms with van der Waals surface area (Å²) in [4.78, 5) is 19.4. The van der Waals surface area contributed by atoms with Crippen LogP contribution < -0.4 is 17.0 Å². The van der Waals surface area contributed by atoms with Gasteiger partial charge in [0.05, 0.1) is 5.69 Å². The van der Waals surface area contributed by atoms with Crippen molar-refractivity contribution in [1.82, 2.24) is 14.5 Å². The summed E-state index contributed by atoms with van der Waals surface area (Å²) in [6.45, 7) is 2.03. The van der Waals surface area contributed by atoms with Gasteiger partial charge in [0.2, 0.25) is 5.95 Å². The molecule has 2 aromatic rings. The van der Waals surface area contributed by atoms with Crippen LogP contribution in [0.2, 0.25) is 0 Å². The Balaban J connectivity index is 2.57. The largest absolute Gasteiger partial charge is 0.356 e. The van der Waals surface area contributed by atoms with E-state index in [2.05, 4.69) is 15.4 Å². The summed E-state index contributed by atoms with van der Waals surface area (Å²) in [5, 5.41) is 0. The van der Waals surface area contributed by atoms with Crippen LogP contribution in [0, 0.1) is 0 Å². The molecule has 6 nitrogen and oxygen atoms in total. The van der Waals surface area contributed by atoms with Gasteiger partial charge in [0.25, 0.3) is 0 Å². The maximum Gasteiger partial charge on any atom is 0.356 e. The van der Waals surface area contributed by atoms with Crippen LogP contribution in [-0.4, -0.2) is 14.5 Å². The summed E-state index contributed by atoms with van der Waals surface area (Å²) in [5.74, 6) is 5.25. The van der Waals surface area contributed by atoms with Crippen LogP contribution in [0.25, 0.3) is 5.69 Å². The summed E-state index contributed by atoms with van der Waals surface area (Å²) in [6, 6.07) is 7.63. The minimum Gasteiger partial charge on any atom is -0.292 e. The van der Waals surface area contributed by atoms with Crippen molar-refractivity contribution >= 4 is 5.95 Å². The van der Waals surface area contributed by atoms with Crippen LogP contribution >= 0.6 is 0 Å². The highest BCUT2D eigenvalue weighted by Gasteiger charge is 2.06. The van der Waals surface area contributed by atoms with Crippen LogP contribution in [0.15, 0.2) is 35.4 Å². The Labute approximate surface area is 98.1 Å². The van der Waals surface area contributed by atoms with Crippen LogP contribution in [0.3, 0.4) is 0 Å². The highest BCUT2D eigenvalue weighted by Crippen LogP contribution is 2.12. The number of nitrogens with one attached hydrogen (secondary N) is 1. The second-order valence-electron chi connectivity index (χ2n) is 3.46. The number of aryl methyl sites for hydroxylation is 1. The third-order valence-corrected chi connectivity index (χ3v) is 2.46. The molecule has 0 spiro atoms. The minimum absolute atomic E-state index is 0.111. The molecule has 0 saturated heterocycles. The van der Waals surface area contributed by atoms with Crippen molar-refractivity contribution in [2.24, 2.45) is 5.84 Å². The molecule has 0 fully saturated rings. The minimum atomic E-state index is -0.408. The third kappa shape index (κ3) is 2.16. The van der Waals surface area contributed by atoms with Gasteiger partial charge in [0, 0.05) is 0 Å². The van der Waals surface area contributed by atoms with Crippen LogP contribution in [0.5, 0.6) is 0 Å². The molecule has 0 atom stereocenters. The Morgan fingerprint density at radius 3 is 2.82 bits per heavy atom. The number of para-hydroxylation sites is 1. The summed E-state index contributed by atoms with van der Waals surface area (Å²) in [7, 11) is 0. The Bertz CT molecular complexity index is 578. The number of benzene rings is 1. The average molecular weight is 231 g/mol. The number of rotatable bonds is 3. The molecule has 88 valence electrons. The molecule has 6 heteroatoms. The monoisotopic (exact) mass is 231 g/mol. The van der Waals surface area contributed by atoms with E-state index in [0.29, 0.717) is 0 Å². The molecular formula is C11H13N5O. The van der Waals surface area contributed by atoms with E-state index in [9.17, 15) is 4.79 Å². The molecule has 0 bridgehead atoms. The van der Waals surface area contributed by atoms with Crippen molar-refractivity contribution < 1.29 is 0 Å². The zero-order valence-electron chi connectivity index (χ0n) is 9.42. The van der Waals surface area contributed by atoms with E-state index < -0.39 is 5.69 Å². The SMILES string of the molecule is CCc1ccccc1-n1cnc(NN)nc1=O. The van der Waals surface area contributed by atoms with E-state index in [1.807, 2.05) is 31.2 Å². The molecule has 3 N–H and O–H groups in total. The van der Waals surface area contributed by atoms with E-state index in [1.54, 1.807) is 0 Å². The molecular weight excluding hydrogens is 218 g/mol.